The summed E-state index contributed by atoms with van der Waals surface area (Å²) < 4.78 is 56.4. The second kappa shape index (κ2) is 20.0. The molecule has 1 heterocycles. The first-order valence-corrected chi connectivity index (χ1v) is 19.8. The SMILES string of the molecule is CC(=O)N[C@H]1[C@H]([C@H](OC(C)=O)[C@@H](COC(C)=O)OC(C)=O)O[C@](OP(=O)(Cc2ccccc2)Cc2ccccc2)(C(=O)OCc2ccccc2)C[C@@H]1OC(C)=O. The number of carbonyl (C=O) groups excluding carboxylic acids is 6. The Bertz CT molecular complexity index is 1830. The predicted molar refractivity (Wildman–Crippen MR) is 198 cm³/mol. The van der Waals surface area contributed by atoms with Crippen LogP contribution in [0, 0.1) is 0 Å². The molecule has 1 fully saturated rings. The molecule has 56 heavy (non-hydrogen) atoms. The van der Waals surface area contributed by atoms with Crippen LogP contribution in [0.3, 0.4) is 0 Å². The van der Waals surface area contributed by atoms with Gasteiger partial charge in [0.25, 0.3) is 5.79 Å². The van der Waals surface area contributed by atoms with Crippen LogP contribution >= 0.6 is 7.37 Å². The van der Waals surface area contributed by atoms with Gasteiger partial charge >= 0.3 is 29.8 Å². The summed E-state index contributed by atoms with van der Waals surface area (Å²) >= 11 is 0. The van der Waals surface area contributed by atoms with Gasteiger partial charge in [0, 0.05) is 34.6 Å². The van der Waals surface area contributed by atoms with E-state index >= 15 is 4.57 Å². The van der Waals surface area contributed by atoms with Gasteiger partial charge in [-0.1, -0.05) is 91.0 Å². The lowest BCUT2D eigenvalue weighted by Crippen LogP contribution is -2.69. The monoisotopic (exact) mass is 795 g/mol. The molecular weight excluding hydrogens is 749 g/mol. The highest BCUT2D eigenvalue weighted by atomic mass is 31.2. The number of benzene rings is 3. The molecule has 1 aliphatic rings. The number of hydrogen-bond donors (Lipinski definition) is 1. The first-order chi connectivity index (χ1) is 26.6. The van der Waals surface area contributed by atoms with E-state index in [1.165, 1.54) is 0 Å². The topological polar surface area (TPSA) is 196 Å². The molecule has 1 saturated heterocycles. The third-order valence-electron chi connectivity index (χ3n) is 8.37. The molecule has 15 nitrogen and oxygen atoms in total. The van der Waals surface area contributed by atoms with Crippen LogP contribution in [0.5, 0.6) is 0 Å². The van der Waals surface area contributed by atoms with Crippen molar-refractivity contribution in [1.29, 1.82) is 0 Å². The van der Waals surface area contributed by atoms with Crippen molar-refractivity contribution >= 4 is 43.1 Å². The minimum atomic E-state index is -4.13. The lowest BCUT2D eigenvalue weighted by molar-refractivity contribution is -0.291. The Morgan fingerprint density at radius 2 is 1.23 bits per heavy atom. The van der Waals surface area contributed by atoms with Gasteiger partial charge in [0.2, 0.25) is 13.3 Å². The number of rotatable bonds is 17. The van der Waals surface area contributed by atoms with E-state index in [-0.39, 0.29) is 18.9 Å². The Balaban J connectivity index is 1.96. The van der Waals surface area contributed by atoms with E-state index in [0.29, 0.717) is 16.7 Å². The van der Waals surface area contributed by atoms with Gasteiger partial charge in [-0.3, -0.25) is 33.1 Å². The van der Waals surface area contributed by atoms with Crippen LogP contribution in [-0.4, -0.2) is 78.6 Å². The van der Waals surface area contributed by atoms with Gasteiger partial charge < -0.3 is 33.7 Å². The summed E-state index contributed by atoms with van der Waals surface area (Å²) in [5.41, 5.74) is 1.75. The summed E-state index contributed by atoms with van der Waals surface area (Å²) in [6.07, 6.45) is -7.77. The van der Waals surface area contributed by atoms with Gasteiger partial charge in [-0.05, 0) is 16.7 Å². The van der Waals surface area contributed by atoms with Crippen LogP contribution in [-0.2, 0) is 85.2 Å². The van der Waals surface area contributed by atoms with Gasteiger partial charge in [-0.25, -0.2) is 4.79 Å². The quantitative estimate of drug-likeness (QED) is 0.111. The first kappa shape index (κ1) is 43.4. The molecule has 3 aromatic rings. The zero-order valence-electron chi connectivity index (χ0n) is 31.7. The number of ether oxygens (including phenoxy) is 6. The van der Waals surface area contributed by atoms with Crippen LogP contribution in [0.2, 0.25) is 0 Å². The Hall–Kier alpha value is -5.37. The van der Waals surface area contributed by atoms with E-state index in [2.05, 4.69) is 5.32 Å². The Morgan fingerprint density at radius 3 is 1.70 bits per heavy atom. The number of esters is 5. The maximum absolute atomic E-state index is 15.4. The van der Waals surface area contributed by atoms with E-state index in [0.717, 1.165) is 34.6 Å². The summed E-state index contributed by atoms with van der Waals surface area (Å²) in [5.74, 6) is -8.02. The summed E-state index contributed by atoms with van der Waals surface area (Å²) in [6.45, 7) is 4.46. The summed E-state index contributed by atoms with van der Waals surface area (Å²) in [6, 6.07) is 24.7. The van der Waals surface area contributed by atoms with Crippen molar-refractivity contribution in [3.8, 4) is 0 Å². The smallest absolute Gasteiger partial charge is 0.367 e. The van der Waals surface area contributed by atoms with E-state index in [9.17, 15) is 28.8 Å². The summed E-state index contributed by atoms with van der Waals surface area (Å²) in [4.78, 5) is 77.3. The lowest BCUT2D eigenvalue weighted by Gasteiger charge is -2.49. The average molecular weight is 796 g/mol. The molecule has 0 spiro atoms. The predicted octanol–water partition coefficient (Wildman–Crippen LogP) is 4.77. The van der Waals surface area contributed by atoms with Gasteiger partial charge in [0.15, 0.2) is 12.2 Å². The van der Waals surface area contributed by atoms with E-state index in [1.807, 2.05) is 0 Å². The molecule has 4 rings (SSSR count). The average Bonchev–Trinajstić information content (AvgIpc) is 3.13. The van der Waals surface area contributed by atoms with Crippen molar-refractivity contribution in [3.05, 3.63) is 108 Å². The van der Waals surface area contributed by atoms with Gasteiger partial charge in [-0.15, -0.1) is 0 Å². The normalized spacial score (nSPS) is 20.3. The van der Waals surface area contributed by atoms with Crippen molar-refractivity contribution < 1.29 is 66.3 Å². The third-order valence-corrected chi connectivity index (χ3v) is 10.7. The standard InChI is InChI=1S/C40H46NO14P/c1-26(42)41-36-34(51-28(3)44)21-40(39(47)50-22-31-15-9-6-10-16-31,54-38(36)37(53-30(5)46)35(52-29(4)45)23-49-27(2)43)55-56(48,24-32-17-11-7-12-18-32)25-33-19-13-8-14-20-33/h6-20,34-38H,21-25H2,1-5H3,(H,41,42)/t34-,35+,36+,37+,38+,40+/m0/s1. The molecule has 1 N–H and O–H groups in total. The Morgan fingerprint density at radius 1 is 0.714 bits per heavy atom. The molecule has 1 aliphatic heterocycles. The Labute approximate surface area is 324 Å². The lowest BCUT2D eigenvalue weighted by atomic mass is 9.88. The molecule has 0 radical (unpaired) electrons. The van der Waals surface area contributed by atoms with Crippen LogP contribution in [0.4, 0.5) is 0 Å². The van der Waals surface area contributed by atoms with Crippen LogP contribution < -0.4 is 5.32 Å². The molecule has 3 aromatic carbocycles. The molecule has 16 heteroatoms. The fourth-order valence-corrected chi connectivity index (χ4v) is 8.79. The molecular formula is C40H46NO14P. The van der Waals surface area contributed by atoms with Gasteiger partial charge in [0.1, 0.15) is 25.4 Å². The zero-order valence-corrected chi connectivity index (χ0v) is 32.6. The molecule has 0 unspecified atom stereocenters. The minimum absolute atomic E-state index is 0.201. The van der Waals surface area contributed by atoms with E-state index < -0.39 is 92.4 Å². The van der Waals surface area contributed by atoms with Crippen molar-refractivity contribution in [2.45, 2.75) is 96.2 Å². The van der Waals surface area contributed by atoms with Crippen molar-refractivity contribution in [2.24, 2.45) is 0 Å². The second-order valence-corrected chi connectivity index (χ2v) is 15.6. The largest absolute Gasteiger partial charge is 0.462 e. The Kier molecular flexibility index (Phi) is 15.5. The summed E-state index contributed by atoms with van der Waals surface area (Å²) in [5, 5.41) is 2.63. The van der Waals surface area contributed by atoms with E-state index in [4.69, 9.17) is 32.9 Å². The molecule has 6 atom stereocenters. The number of hydrogen-bond acceptors (Lipinski definition) is 14. The van der Waals surface area contributed by atoms with Crippen LogP contribution in [0.1, 0.15) is 57.7 Å². The maximum atomic E-state index is 15.4. The van der Waals surface area contributed by atoms with Gasteiger partial charge in [0.05, 0.1) is 24.8 Å². The highest BCUT2D eigenvalue weighted by Gasteiger charge is 2.61. The zero-order chi connectivity index (χ0) is 40.9. The van der Waals surface area contributed by atoms with Gasteiger partial charge in [-0.2, -0.15) is 0 Å². The van der Waals surface area contributed by atoms with Crippen LogP contribution in [0.25, 0.3) is 0 Å². The number of nitrogens with one attached hydrogen (secondary N) is 1. The molecule has 1 amide bonds. The molecule has 300 valence electrons. The number of amides is 1. The third kappa shape index (κ3) is 12.9. The maximum Gasteiger partial charge on any atom is 0.367 e. The first-order valence-electron chi connectivity index (χ1n) is 17.8. The molecule has 0 bridgehead atoms. The van der Waals surface area contributed by atoms with Crippen molar-refractivity contribution in [1.82, 2.24) is 5.32 Å². The second-order valence-electron chi connectivity index (χ2n) is 13.2. The van der Waals surface area contributed by atoms with Crippen molar-refractivity contribution in [3.63, 3.8) is 0 Å². The molecule has 0 saturated carbocycles. The number of carbonyl (C=O) groups is 6. The van der Waals surface area contributed by atoms with Crippen molar-refractivity contribution in [2.75, 3.05) is 6.61 Å². The van der Waals surface area contributed by atoms with Crippen LogP contribution in [0.15, 0.2) is 91.0 Å². The fraction of sp³-hybridized carbons (Fsp3) is 0.400. The molecule has 0 aliphatic carbocycles. The summed E-state index contributed by atoms with van der Waals surface area (Å²) in [7, 11) is -4.13. The fourth-order valence-electron chi connectivity index (χ4n) is 6.28. The molecule has 0 aromatic heterocycles. The highest BCUT2D eigenvalue weighted by Crippen LogP contribution is 2.58. The highest BCUT2D eigenvalue weighted by molar-refractivity contribution is 7.57. The minimum Gasteiger partial charge on any atom is -0.462 e. The van der Waals surface area contributed by atoms with E-state index in [1.54, 1.807) is 91.0 Å².